The molecule has 5 nitrogen and oxygen atoms in total. The van der Waals surface area contributed by atoms with Gasteiger partial charge in [0.15, 0.2) is 0 Å². The Hall–Kier alpha value is -2.82. The first-order valence-corrected chi connectivity index (χ1v) is 9.84. The smallest absolute Gasteiger partial charge is 0.227 e. The van der Waals surface area contributed by atoms with Crippen LogP contribution in [0.5, 0.6) is 5.75 Å². The molecule has 5 heteroatoms. The second-order valence-electron chi connectivity index (χ2n) is 7.30. The Labute approximate surface area is 166 Å². The predicted molar refractivity (Wildman–Crippen MR) is 110 cm³/mol. The summed E-state index contributed by atoms with van der Waals surface area (Å²) in [6.45, 7) is 5.11. The Kier molecular flexibility index (Phi) is 6.34. The average molecular weight is 380 g/mol. The highest BCUT2D eigenvalue weighted by Gasteiger charge is 2.36. The minimum absolute atomic E-state index is 0.00759. The van der Waals surface area contributed by atoms with Crippen LogP contribution >= 0.6 is 0 Å². The molecule has 28 heavy (non-hydrogen) atoms. The lowest BCUT2D eigenvalue weighted by molar-refractivity contribution is -0.126. The van der Waals surface area contributed by atoms with Gasteiger partial charge in [-0.15, -0.1) is 0 Å². The van der Waals surface area contributed by atoms with E-state index in [9.17, 15) is 9.59 Å². The van der Waals surface area contributed by atoms with Crippen LogP contribution in [0.1, 0.15) is 43.7 Å². The molecule has 3 rings (SSSR count). The average Bonchev–Trinajstić information content (AvgIpc) is 3.13. The molecule has 0 bridgehead atoms. The molecule has 2 aromatic rings. The number of hydrogen-bond donors (Lipinski definition) is 1. The van der Waals surface area contributed by atoms with Gasteiger partial charge in [-0.25, -0.2) is 0 Å². The molecule has 2 amide bonds. The molecule has 1 heterocycles. The van der Waals surface area contributed by atoms with Gasteiger partial charge >= 0.3 is 0 Å². The van der Waals surface area contributed by atoms with Crippen molar-refractivity contribution in [2.75, 3.05) is 18.6 Å². The number of carbonyl (C=O) groups excluding carboxylic acids is 2. The number of nitrogens with one attached hydrogen (secondary N) is 1. The van der Waals surface area contributed by atoms with E-state index in [2.05, 4.69) is 25.2 Å². The topological polar surface area (TPSA) is 58.6 Å². The number of amides is 2. The van der Waals surface area contributed by atoms with Crippen molar-refractivity contribution in [1.29, 1.82) is 0 Å². The Morgan fingerprint density at radius 1 is 1.21 bits per heavy atom. The van der Waals surface area contributed by atoms with E-state index >= 15 is 0 Å². The van der Waals surface area contributed by atoms with Gasteiger partial charge in [0.2, 0.25) is 11.8 Å². The molecular weight excluding hydrogens is 352 g/mol. The van der Waals surface area contributed by atoms with E-state index in [4.69, 9.17) is 4.74 Å². The first-order valence-electron chi connectivity index (χ1n) is 9.84. The Morgan fingerprint density at radius 2 is 1.93 bits per heavy atom. The van der Waals surface area contributed by atoms with Crippen molar-refractivity contribution >= 4 is 17.5 Å². The lowest BCUT2D eigenvalue weighted by atomic mass is 9.96. The zero-order chi connectivity index (χ0) is 20.1. The number of carbonyl (C=O) groups is 2. The maximum Gasteiger partial charge on any atom is 0.227 e. The fourth-order valence-corrected chi connectivity index (χ4v) is 3.66. The molecular formula is C23H28N2O3. The van der Waals surface area contributed by atoms with Crippen LogP contribution in [-0.2, 0) is 16.1 Å². The molecule has 0 saturated carbocycles. The number of ether oxygens (including phenoxy) is 1. The second kappa shape index (κ2) is 8.91. The van der Waals surface area contributed by atoms with Gasteiger partial charge in [0.25, 0.3) is 0 Å². The lowest BCUT2D eigenvalue weighted by Gasteiger charge is -2.23. The van der Waals surface area contributed by atoms with Crippen LogP contribution in [0.25, 0.3) is 0 Å². The summed E-state index contributed by atoms with van der Waals surface area (Å²) in [4.78, 5) is 27.1. The zero-order valence-electron chi connectivity index (χ0n) is 16.8. The summed E-state index contributed by atoms with van der Waals surface area (Å²) in [6, 6.07) is 15.6. The van der Waals surface area contributed by atoms with Crippen LogP contribution in [-0.4, -0.2) is 25.5 Å². The summed E-state index contributed by atoms with van der Waals surface area (Å²) in [5.41, 5.74) is 3.01. The van der Waals surface area contributed by atoms with E-state index in [-0.39, 0.29) is 24.2 Å². The number of para-hydroxylation sites is 2. The molecule has 0 unspecified atom stereocenters. The molecule has 1 N–H and O–H groups in total. The van der Waals surface area contributed by atoms with Crippen molar-refractivity contribution in [3.8, 4) is 5.75 Å². The van der Waals surface area contributed by atoms with Gasteiger partial charge in [-0.2, -0.15) is 0 Å². The van der Waals surface area contributed by atoms with Crippen LogP contribution in [0.15, 0.2) is 48.5 Å². The monoisotopic (exact) mass is 380 g/mol. The third-order valence-electron chi connectivity index (χ3n) is 5.51. The zero-order valence-corrected chi connectivity index (χ0v) is 16.8. The number of methoxy groups -OCH3 is 1. The third kappa shape index (κ3) is 4.19. The van der Waals surface area contributed by atoms with Gasteiger partial charge in [-0.1, -0.05) is 50.2 Å². The predicted octanol–water partition coefficient (Wildman–Crippen LogP) is 3.88. The van der Waals surface area contributed by atoms with Crippen molar-refractivity contribution < 1.29 is 14.3 Å². The fourth-order valence-electron chi connectivity index (χ4n) is 3.66. The number of rotatable bonds is 7. The van der Waals surface area contributed by atoms with E-state index in [0.717, 1.165) is 29.0 Å². The third-order valence-corrected chi connectivity index (χ3v) is 5.51. The largest absolute Gasteiger partial charge is 0.496 e. The van der Waals surface area contributed by atoms with Crippen molar-refractivity contribution in [3.05, 3.63) is 59.7 Å². The number of hydrogen-bond acceptors (Lipinski definition) is 3. The summed E-state index contributed by atoms with van der Waals surface area (Å²) in [5.74, 6) is 0.681. The number of anilines is 1. The molecule has 0 aliphatic carbocycles. The fraction of sp³-hybridized carbons (Fsp3) is 0.391. The first kappa shape index (κ1) is 19.9. The minimum atomic E-state index is -0.341. The summed E-state index contributed by atoms with van der Waals surface area (Å²) in [7, 11) is 1.61. The number of benzene rings is 2. The van der Waals surface area contributed by atoms with E-state index in [1.54, 1.807) is 12.0 Å². The highest BCUT2D eigenvalue weighted by molar-refractivity contribution is 6.00. The van der Waals surface area contributed by atoms with Crippen LogP contribution in [0.4, 0.5) is 5.69 Å². The summed E-state index contributed by atoms with van der Waals surface area (Å²) in [6.07, 6.45) is 1.24. The summed E-state index contributed by atoms with van der Waals surface area (Å²) < 4.78 is 5.33. The molecule has 0 spiro atoms. The molecule has 2 atom stereocenters. The van der Waals surface area contributed by atoms with Crippen LogP contribution in [0, 0.1) is 5.92 Å². The normalized spacial score (nSPS) is 17.5. The molecule has 1 fully saturated rings. The van der Waals surface area contributed by atoms with Gasteiger partial charge in [0, 0.05) is 30.8 Å². The number of nitrogens with zero attached hydrogens (tertiary/aromatic N) is 1. The molecule has 0 radical (unpaired) electrons. The van der Waals surface area contributed by atoms with Gasteiger partial charge < -0.3 is 15.0 Å². The lowest BCUT2D eigenvalue weighted by Crippen LogP contribution is -2.33. The van der Waals surface area contributed by atoms with Gasteiger partial charge in [-0.3, -0.25) is 9.59 Å². The van der Waals surface area contributed by atoms with Crippen molar-refractivity contribution in [3.63, 3.8) is 0 Å². The highest BCUT2D eigenvalue weighted by Crippen LogP contribution is 2.33. The molecule has 1 aliphatic rings. The van der Waals surface area contributed by atoms with Gasteiger partial charge in [0.1, 0.15) is 5.75 Å². The van der Waals surface area contributed by atoms with Gasteiger partial charge in [0.05, 0.1) is 13.0 Å². The standard InChI is InChI=1S/C23H28N2O3/c1-4-16(2)19-10-6-7-11-20(19)25-15-18(13-22(25)26)23(27)24-14-17-9-5-8-12-21(17)28-3/h5-12,16,18H,4,13-15H2,1-3H3,(H,24,27)/t16-,18-/m1/s1. The Morgan fingerprint density at radius 3 is 2.68 bits per heavy atom. The van der Waals surface area contributed by atoms with Gasteiger partial charge in [-0.05, 0) is 30.0 Å². The van der Waals surface area contributed by atoms with Crippen LogP contribution in [0.2, 0.25) is 0 Å². The van der Waals surface area contributed by atoms with E-state index in [0.29, 0.717) is 19.0 Å². The maximum atomic E-state index is 12.7. The van der Waals surface area contributed by atoms with Crippen molar-refractivity contribution in [1.82, 2.24) is 5.32 Å². The molecule has 148 valence electrons. The van der Waals surface area contributed by atoms with Crippen LogP contribution < -0.4 is 15.0 Å². The van der Waals surface area contributed by atoms with E-state index < -0.39 is 0 Å². The van der Waals surface area contributed by atoms with Crippen LogP contribution in [0.3, 0.4) is 0 Å². The summed E-state index contributed by atoms with van der Waals surface area (Å²) in [5, 5.41) is 2.96. The minimum Gasteiger partial charge on any atom is -0.496 e. The second-order valence-corrected chi connectivity index (χ2v) is 7.30. The molecule has 0 aromatic heterocycles. The highest BCUT2D eigenvalue weighted by atomic mass is 16.5. The van der Waals surface area contributed by atoms with E-state index in [1.165, 1.54) is 0 Å². The Bertz CT molecular complexity index is 849. The first-order chi connectivity index (χ1) is 13.5. The Balaban J connectivity index is 1.68. The molecule has 1 saturated heterocycles. The molecule has 2 aromatic carbocycles. The van der Waals surface area contributed by atoms with E-state index in [1.807, 2.05) is 42.5 Å². The van der Waals surface area contributed by atoms with Crippen molar-refractivity contribution in [2.45, 2.75) is 39.2 Å². The summed E-state index contributed by atoms with van der Waals surface area (Å²) >= 11 is 0. The van der Waals surface area contributed by atoms with Crippen molar-refractivity contribution in [2.24, 2.45) is 5.92 Å². The SMILES string of the molecule is CC[C@@H](C)c1ccccc1N1C[C@H](C(=O)NCc2ccccc2OC)CC1=O. The quantitative estimate of drug-likeness (QED) is 0.793. The maximum absolute atomic E-state index is 12.7. The molecule has 1 aliphatic heterocycles.